The van der Waals surface area contributed by atoms with E-state index >= 15 is 0 Å². The average molecular weight is 269 g/mol. The number of nitrogens with two attached hydrogens (primary N) is 1. The highest BCUT2D eigenvalue weighted by Gasteiger charge is 2.11. The molecule has 2 N–H and O–H groups in total. The molecule has 96 valence electrons. The van der Waals surface area contributed by atoms with Gasteiger partial charge < -0.3 is 5.73 Å². The Morgan fingerprint density at radius 1 is 1.21 bits per heavy atom. The van der Waals surface area contributed by atoms with Gasteiger partial charge in [0.15, 0.2) is 5.82 Å². The molecular formula is C15H15N3S. The van der Waals surface area contributed by atoms with E-state index in [9.17, 15) is 0 Å². The van der Waals surface area contributed by atoms with Gasteiger partial charge in [-0.2, -0.15) is 0 Å². The largest absolute Gasteiger partial charge is 0.383 e. The lowest BCUT2D eigenvalue weighted by molar-refractivity contribution is 1.14. The molecule has 0 atom stereocenters. The van der Waals surface area contributed by atoms with Gasteiger partial charge in [0.25, 0.3) is 0 Å². The zero-order chi connectivity index (χ0) is 13.4. The number of nitrogens with zero attached hydrogens (tertiary/aromatic N) is 2. The summed E-state index contributed by atoms with van der Waals surface area (Å²) in [7, 11) is 0. The Kier molecular flexibility index (Phi) is 2.95. The average Bonchev–Trinajstić information content (AvgIpc) is 2.87. The van der Waals surface area contributed by atoms with E-state index in [-0.39, 0.29) is 0 Å². The number of hydrogen-bond donors (Lipinski definition) is 1. The number of anilines is 1. The number of aromatic nitrogens is 2. The summed E-state index contributed by atoms with van der Waals surface area (Å²) < 4.78 is 0. The molecule has 0 aliphatic rings. The number of thiophene rings is 1. The maximum Gasteiger partial charge on any atom is 0.172 e. The molecule has 0 saturated heterocycles. The summed E-state index contributed by atoms with van der Waals surface area (Å²) in [4.78, 5) is 10.2. The quantitative estimate of drug-likeness (QED) is 0.769. The fraction of sp³-hybridized carbons (Fsp3) is 0.200. The molecule has 3 rings (SSSR count). The highest BCUT2D eigenvalue weighted by molar-refractivity contribution is 7.13. The van der Waals surface area contributed by atoms with Crippen LogP contribution in [0.25, 0.3) is 21.6 Å². The van der Waals surface area contributed by atoms with Gasteiger partial charge in [-0.15, -0.1) is 11.3 Å². The predicted molar refractivity (Wildman–Crippen MR) is 81.4 cm³/mol. The molecule has 0 unspecified atom stereocenters. The van der Waals surface area contributed by atoms with Crippen molar-refractivity contribution in [2.45, 2.75) is 20.3 Å². The monoisotopic (exact) mass is 269 g/mol. The van der Waals surface area contributed by atoms with E-state index in [0.717, 1.165) is 28.0 Å². The Morgan fingerprint density at radius 3 is 2.84 bits per heavy atom. The van der Waals surface area contributed by atoms with E-state index in [0.29, 0.717) is 5.82 Å². The molecular weight excluding hydrogens is 254 g/mol. The van der Waals surface area contributed by atoms with Gasteiger partial charge in [-0.1, -0.05) is 18.6 Å². The zero-order valence-corrected chi connectivity index (χ0v) is 11.8. The van der Waals surface area contributed by atoms with Crippen molar-refractivity contribution >= 4 is 28.1 Å². The number of aryl methyl sites for hydroxylation is 2. The zero-order valence-electron chi connectivity index (χ0n) is 11.0. The van der Waals surface area contributed by atoms with E-state index in [1.165, 1.54) is 11.1 Å². The maximum absolute atomic E-state index is 6.08. The molecule has 0 spiro atoms. The molecule has 2 aromatic heterocycles. The summed E-state index contributed by atoms with van der Waals surface area (Å²) in [6, 6.07) is 8.21. The van der Waals surface area contributed by atoms with Gasteiger partial charge >= 0.3 is 0 Å². The molecule has 3 aromatic rings. The van der Waals surface area contributed by atoms with Crippen LogP contribution in [0.5, 0.6) is 0 Å². The smallest absolute Gasteiger partial charge is 0.172 e. The summed E-state index contributed by atoms with van der Waals surface area (Å²) in [5.74, 6) is 1.29. The van der Waals surface area contributed by atoms with E-state index in [4.69, 9.17) is 5.73 Å². The molecule has 0 radical (unpaired) electrons. The second-order valence-electron chi connectivity index (χ2n) is 4.58. The van der Waals surface area contributed by atoms with Crippen molar-refractivity contribution in [1.29, 1.82) is 0 Å². The van der Waals surface area contributed by atoms with Crippen LogP contribution in [0.4, 0.5) is 5.82 Å². The van der Waals surface area contributed by atoms with Crippen molar-refractivity contribution in [1.82, 2.24) is 9.97 Å². The SMILES string of the molecule is CCc1ccsc1-c1nc(N)c2cc(C)ccc2n1. The molecule has 0 fully saturated rings. The van der Waals surface area contributed by atoms with Crippen molar-refractivity contribution in [3.05, 3.63) is 40.8 Å². The molecule has 0 amide bonds. The number of benzene rings is 1. The normalized spacial score (nSPS) is 11.1. The van der Waals surface area contributed by atoms with Gasteiger partial charge in [-0.3, -0.25) is 0 Å². The highest BCUT2D eigenvalue weighted by Crippen LogP contribution is 2.30. The van der Waals surface area contributed by atoms with Crippen molar-refractivity contribution in [3.8, 4) is 10.7 Å². The first-order chi connectivity index (χ1) is 9.19. The Morgan fingerprint density at radius 2 is 2.05 bits per heavy atom. The van der Waals surface area contributed by atoms with E-state index < -0.39 is 0 Å². The molecule has 2 heterocycles. The van der Waals surface area contributed by atoms with Crippen LogP contribution in [0.3, 0.4) is 0 Å². The van der Waals surface area contributed by atoms with Crippen LogP contribution in [0.2, 0.25) is 0 Å². The molecule has 1 aromatic carbocycles. The first-order valence-corrected chi connectivity index (χ1v) is 7.17. The van der Waals surface area contributed by atoms with Crippen molar-refractivity contribution in [3.63, 3.8) is 0 Å². The predicted octanol–water partition coefficient (Wildman–Crippen LogP) is 3.81. The minimum absolute atomic E-state index is 0.555. The summed E-state index contributed by atoms with van der Waals surface area (Å²) in [5, 5.41) is 3.01. The summed E-state index contributed by atoms with van der Waals surface area (Å²) >= 11 is 1.67. The Balaban J connectivity index is 2.24. The minimum Gasteiger partial charge on any atom is -0.383 e. The van der Waals surface area contributed by atoms with Crippen molar-refractivity contribution in [2.24, 2.45) is 0 Å². The molecule has 4 heteroatoms. The Bertz CT molecular complexity index is 746. The second kappa shape index (κ2) is 4.63. The fourth-order valence-corrected chi connectivity index (χ4v) is 3.11. The van der Waals surface area contributed by atoms with Crippen LogP contribution < -0.4 is 5.73 Å². The van der Waals surface area contributed by atoms with Crippen molar-refractivity contribution in [2.75, 3.05) is 5.73 Å². The lowest BCUT2D eigenvalue weighted by Crippen LogP contribution is -1.98. The molecule has 3 nitrogen and oxygen atoms in total. The van der Waals surface area contributed by atoms with E-state index in [1.807, 2.05) is 25.1 Å². The first kappa shape index (κ1) is 12.1. The van der Waals surface area contributed by atoms with Crippen LogP contribution in [0, 0.1) is 6.92 Å². The molecule has 0 bridgehead atoms. The third-order valence-electron chi connectivity index (χ3n) is 3.21. The molecule has 19 heavy (non-hydrogen) atoms. The Hall–Kier alpha value is -1.94. The summed E-state index contributed by atoms with van der Waals surface area (Å²) in [6.45, 7) is 4.18. The lowest BCUT2D eigenvalue weighted by Gasteiger charge is -2.06. The summed E-state index contributed by atoms with van der Waals surface area (Å²) in [6.07, 6.45) is 0.980. The summed E-state index contributed by atoms with van der Waals surface area (Å²) in [5.41, 5.74) is 9.42. The van der Waals surface area contributed by atoms with Crippen LogP contribution >= 0.6 is 11.3 Å². The van der Waals surface area contributed by atoms with E-state index in [1.54, 1.807) is 11.3 Å². The molecule has 0 saturated carbocycles. The van der Waals surface area contributed by atoms with Gasteiger partial charge in [-0.25, -0.2) is 9.97 Å². The van der Waals surface area contributed by atoms with Crippen LogP contribution in [-0.2, 0) is 6.42 Å². The second-order valence-corrected chi connectivity index (χ2v) is 5.50. The third-order valence-corrected chi connectivity index (χ3v) is 4.16. The van der Waals surface area contributed by atoms with Crippen molar-refractivity contribution < 1.29 is 0 Å². The topological polar surface area (TPSA) is 51.8 Å². The number of fused-ring (bicyclic) bond motifs is 1. The number of nitrogen functional groups attached to an aromatic ring is 1. The molecule has 0 aliphatic carbocycles. The van der Waals surface area contributed by atoms with Gasteiger partial charge in [0.1, 0.15) is 5.82 Å². The standard InChI is InChI=1S/C15H15N3S/c1-3-10-6-7-19-13(10)15-17-12-5-4-9(2)8-11(12)14(16)18-15/h4-8H,3H2,1-2H3,(H2,16,17,18). The highest BCUT2D eigenvalue weighted by atomic mass is 32.1. The third kappa shape index (κ3) is 2.08. The van der Waals surface area contributed by atoms with Crippen LogP contribution in [-0.4, -0.2) is 9.97 Å². The van der Waals surface area contributed by atoms with Crippen LogP contribution in [0.15, 0.2) is 29.6 Å². The maximum atomic E-state index is 6.08. The van der Waals surface area contributed by atoms with Gasteiger partial charge in [0.05, 0.1) is 10.4 Å². The fourth-order valence-electron chi connectivity index (χ4n) is 2.18. The van der Waals surface area contributed by atoms with E-state index in [2.05, 4.69) is 28.3 Å². The van der Waals surface area contributed by atoms with Gasteiger partial charge in [0, 0.05) is 5.39 Å². The number of hydrogen-bond acceptors (Lipinski definition) is 4. The van der Waals surface area contributed by atoms with Gasteiger partial charge in [-0.05, 0) is 42.5 Å². The van der Waals surface area contributed by atoms with Gasteiger partial charge in [0.2, 0.25) is 0 Å². The first-order valence-electron chi connectivity index (χ1n) is 6.29. The number of rotatable bonds is 2. The lowest BCUT2D eigenvalue weighted by atomic mass is 10.1. The van der Waals surface area contributed by atoms with Crippen LogP contribution in [0.1, 0.15) is 18.1 Å². The molecule has 0 aliphatic heterocycles. The minimum atomic E-state index is 0.555. The Labute approximate surface area is 116 Å².